The molecule has 0 aromatic rings. The fraction of sp³-hybridized carbons (Fsp3) is 0.667. The number of rotatable bonds is 3. The predicted molar refractivity (Wildman–Crippen MR) is 48.6 cm³/mol. The van der Waals surface area contributed by atoms with E-state index in [2.05, 4.69) is 0 Å². The first-order chi connectivity index (χ1) is 4.52. The Balaban J connectivity index is 3.71. The maximum atomic E-state index is 5.53. The molecule has 0 unspecified atom stereocenters. The maximum absolute atomic E-state index is 5.53. The third kappa shape index (κ3) is 6.67. The zero-order valence-corrected chi connectivity index (χ0v) is 8.67. The van der Waals surface area contributed by atoms with Crippen molar-refractivity contribution in [2.45, 2.75) is 26.9 Å². The fourth-order valence-electron chi connectivity index (χ4n) is 0.540. The highest BCUT2D eigenvalue weighted by Gasteiger charge is 1.97. The van der Waals surface area contributed by atoms with Gasteiger partial charge in [-0.1, -0.05) is 22.5 Å². The van der Waals surface area contributed by atoms with Crippen molar-refractivity contribution in [3.8, 4) is 0 Å². The molecule has 0 spiro atoms. The molecule has 0 radical (unpaired) electrons. The monoisotopic (exact) mass is 200 g/mol. The second kappa shape index (κ2) is 5.23. The van der Waals surface area contributed by atoms with E-state index >= 15 is 0 Å². The summed E-state index contributed by atoms with van der Waals surface area (Å²) in [6, 6.07) is 0. The van der Waals surface area contributed by atoms with Gasteiger partial charge in [0.25, 0.3) is 0 Å². The third-order valence-electron chi connectivity index (χ3n) is 0.701. The van der Waals surface area contributed by atoms with Crippen molar-refractivity contribution in [3.05, 3.63) is 11.6 Å². The molecule has 0 amide bonds. The Morgan fingerprint density at radius 2 is 2.00 bits per heavy atom. The van der Waals surface area contributed by atoms with Crippen molar-refractivity contribution >= 4 is 29.1 Å². The number of hydrogen-bond acceptors (Lipinski definition) is 1. The first kappa shape index (κ1) is 10.6. The van der Waals surface area contributed by atoms with Crippen molar-refractivity contribution in [1.82, 2.24) is 0 Å². The van der Waals surface area contributed by atoms with E-state index in [9.17, 15) is 0 Å². The van der Waals surface area contributed by atoms with E-state index in [-0.39, 0.29) is 6.10 Å². The van der Waals surface area contributed by atoms with Crippen LogP contribution in [0, 0.1) is 0 Å². The summed E-state index contributed by atoms with van der Waals surface area (Å²) < 4.78 is 5.27. The molecule has 0 rings (SSSR count). The predicted octanol–water partition coefficient (Wildman–Crippen LogP) is 4.06. The molecule has 0 saturated carbocycles. The molecule has 10 heavy (non-hydrogen) atoms. The highest BCUT2D eigenvalue weighted by molar-refractivity contribution is 8.06. The first-order valence-corrected chi connectivity index (χ1v) is 6.20. The van der Waals surface area contributed by atoms with Gasteiger partial charge in [-0.05, 0) is 20.8 Å². The third-order valence-corrected chi connectivity index (χ3v) is 1.85. The quantitative estimate of drug-likeness (QED) is 0.494. The van der Waals surface area contributed by atoms with Crippen molar-refractivity contribution in [2.75, 3.05) is 0 Å². The van der Waals surface area contributed by atoms with E-state index in [1.54, 1.807) is 5.82 Å². The van der Waals surface area contributed by atoms with Crippen LogP contribution in [-0.2, 0) is 4.74 Å². The standard InChI is InChI=1S/C6H11Cl2OP/c1-5(2)9-6(3)4-10(7)8/h4-5H,1-3H3/b6-4-. The average molecular weight is 201 g/mol. The second-order valence-corrected chi connectivity index (χ2v) is 5.65. The van der Waals surface area contributed by atoms with Crippen molar-refractivity contribution in [2.24, 2.45) is 0 Å². The van der Waals surface area contributed by atoms with Gasteiger partial charge in [-0.15, -0.1) is 0 Å². The summed E-state index contributed by atoms with van der Waals surface area (Å²) in [4.78, 5) is 0. The van der Waals surface area contributed by atoms with Gasteiger partial charge in [-0.25, -0.2) is 0 Å². The van der Waals surface area contributed by atoms with Gasteiger partial charge in [0.15, 0.2) is 0 Å². The molecule has 0 bridgehead atoms. The molecule has 0 saturated heterocycles. The molecule has 0 aliphatic carbocycles. The molecule has 0 N–H and O–H groups in total. The minimum atomic E-state index is -1.01. The lowest BCUT2D eigenvalue weighted by Crippen LogP contribution is -1.98. The zero-order valence-electron chi connectivity index (χ0n) is 6.27. The summed E-state index contributed by atoms with van der Waals surface area (Å²) in [7, 11) is 0. The molecule has 4 heteroatoms. The van der Waals surface area contributed by atoms with Gasteiger partial charge >= 0.3 is 0 Å². The zero-order chi connectivity index (χ0) is 8.15. The lowest BCUT2D eigenvalue weighted by molar-refractivity contribution is 0.150. The van der Waals surface area contributed by atoms with E-state index in [0.717, 1.165) is 5.76 Å². The molecule has 60 valence electrons. The normalized spacial score (nSPS) is 12.9. The Kier molecular flexibility index (Phi) is 5.52. The largest absolute Gasteiger partial charge is 0.496 e. The minimum Gasteiger partial charge on any atom is -0.496 e. The van der Waals surface area contributed by atoms with Gasteiger partial charge in [-0.3, -0.25) is 0 Å². The SMILES string of the molecule is C/C(=C/P(Cl)Cl)OC(C)C. The summed E-state index contributed by atoms with van der Waals surface area (Å²) in [5, 5.41) is 0. The van der Waals surface area contributed by atoms with E-state index in [4.69, 9.17) is 27.2 Å². The molecule has 0 aromatic heterocycles. The van der Waals surface area contributed by atoms with Crippen molar-refractivity contribution in [3.63, 3.8) is 0 Å². The topological polar surface area (TPSA) is 9.23 Å². The Morgan fingerprint density at radius 1 is 1.50 bits per heavy atom. The van der Waals surface area contributed by atoms with Crippen LogP contribution >= 0.6 is 29.1 Å². The van der Waals surface area contributed by atoms with Gasteiger partial charge in [0.1, 0.15) is 6.63 Å². The lowest BCUT2D eigenvalue weighted by atomic mass is 10.5. The van der Waals surface area contributed by atoms with Crippen LogP contribution in [0.4, 0.5) is 0 Å². The smallest absolute Gasteiger partial charge is 0.112 e. The second-order valence-electron chi connectivity index (χ2n) is 2.17. The molecule has 0 heterocycles. The van der Waals surface area contributed by atoms with Gasteiger partial charge < -0.3 is 4.74 Å². The van der Waals surface area contributed by atoms with Crippen LogP contribution in [0.3, 0.4) is 0 Å². The summed E-state index contributed by atoms with van der Waals surface area (Å²) in [5.74, 6) is 2.52. The minimum absolute atomic E-state index is 0.194. The highest BCUT2D eigenvalue weighted by atomic mass is 35.9. The average Bonchev–Trinajstić information content (AvgIpc) is 1.58. The van der Waals surface area contributed by atoms with Gasteiger partial charge in [0.2, 0.25) is 0 Å². The molecule has 1 nitrogen and oxygen atoms in total. The fourth-order valence-corrected chi connectivity index (χ4v) is 1.70. The molecule has 0 aliphatic rings. The molecular formula is C6H11Cl2OP. The maximum Gasteiger partial charge on any atom is 0.112 e. The summed E-state index contributed by atoms with van der Waals surface area (Å²) in [6.45, 7) is 4.76. The summed E-state index contributed by atoms with van der Waals surface area (Å²) >= 11 is 11.1. The van der Waals surface area contributed by atoms with Crippen LogP contribution < -0.4 is 0 Å². The van der Waals surface area contributed by atoms with Crippen LogP contribution in [0.15, 0.2) is 11.6 Å². The molecular weight excluding hydrogens is 190 g/mol. The van der Waals surface area contributed by atoms with Gasteiger partial charge in [0.05, 0.1) is 11.9 Å². The van der Waals surface area contributed by atoms with Crippen LogP contribution in [0.2, 0.25) is 0 Å². The van der Waals surface area contributed by atoms with Crippen LogP contribution in [0.25, 0.3) is 0 Å². The number of halogens is 2. The molecule has 0 atom stereocenters. The van der Waals surface area contributed by atoms with E-state index in [1.807, 2.05) is 20.8 Å². The Labute approximate surface area is 72.7 Å². The van der Waals surface area contributed by atoms with Crippen LogP contribution in [-0.4, -0.2) is 6.10 Å². The van der Waals surface area contributed by atoms with Gasteiger partial charge in [-0.2, -0.15) is 0 Å². The molecule has 0 fully saturated rings. The number of hydrogen-bond donors (Lipinski definition) is 0. The van der Waals surface area contributed by atoms with E-state index in [0.29, 0.717) is 0 Å². The lowest BCUT2D eigenvalue weighted by Gasteiger charge is -2.09. The van der Waals surface area contributed by atoms with Crippen LogP contribution in [0.5, 0.6) is 0 Å². The summed E-state index contributed by atoms with van der Waals surface area (Å²) in [6.07, 6.45) is 0.194. The highest BCUT2D eigenvalue weighted by Crippen LogP contribution is 2.49. The Morgan fingerprint density at radius 3 is 2.30 bits per heavy atom. The molecule has 0 aromatic carbocycles. The van der Waals surface area contributed by atoms with E-state index < -0.39 is 6.63 Å². The number of ether oxygens (including phenoxy) is 1. The van der Waals surface area contributed by atoms with Crippen molar-refractivity contribution in [1.29, 1.82) is 0 Å². The Hall–Kier alpha value is 0.550. The summed E-state index contributed by atoms with van der Waals surface area (Å²) in [5.41, 5.74) is 0. The first-order valence-electron chi connectivity index (χ1n) is 2.98. The van der Waals surface area contributed by atoms with Crippen molar-refractivity contribution < 1.29 is 4.74 Å². The molecule has 0 aliphatic heterocycles. The number of allylic oxidation sites excluding steroid dienone is 1. The van der Waals surface area contributed by atoms with E-state index in [1.165, 1.54) is 0 Å². The van der Waals surface area contributed by atoms with Crippen LogP contribution in [0.1, 0.15) is 20.8 Å². The van der Waals surface area contributed by atoms with Gasteiger partial charge in [0, 0.05) is 5.82 Å². The Bertz CT molecular complexity index is 123.